The molecule has 3 rings (SSSR count). The van der Waals surface area contributed by atoms with Crippen molar-refractivity contribution >= 4 is 38.4 Å². The maximum absolute atomic E-state index is 11.7. The highest BCUT2D eigenvalue weighted by Crippen LogP contribution is 2.29. The lowest BCUT2D eigenvalue weighted by atomic mass is 10.1. The molecule has 0 saturated carbocycles. The Morgan fingerprint density at radius 1 is 1.30 bits per heavy atom. The number of carbonyl (C=O) groups is 1. The van der Waals surface area contributed by atoms with Crippen LogP contribution < -0.4 is 10.2 Å². The maximum Gasteiger partial charge on any atom is 0.160 e. The number of aromatic nitrogens is 2. The minimum atomic E-state index is 0.0360. The number of nitrogens with one attached hydrogen (secondary N) is 1. The number of rotatable bonds is 2. The normalized spacial score (nSPS) is 15.6. The van der Waals surface area contributed by atoms with E-state index in [1.165, 1.54) is 0 Å². The Kier molecular flexibility index (Phi) is 3.67. The molecule has 0 radical (unpaired) electrons. The van der Waals surface area contributed by atoms with Crippen LogP contribution in [0, 0.1) is 0 Å². The molecule has 1 saturated heterocycles. The first-order valence-electron chi connectivity index (χ1n) is 6.57. The molecular formula is C14H15BrN4O. The minimum Gasteiger partial charge on any atom is -0.353 e. The van der Waals surface area contributed by atoms with Crippen LogP contribution in [-0.2, 0) is 0 Å². The second-order valence-electron chi connectivity index (χ2n) is 4.84. The van der Waals surface area contributed by atoms with Gasteiger partial charge in [-0.1, -0.05) is 0 Å². The molecule has 0 bridgehead atoms. The molecule has 0 atom stereocenters. The molecule has 1 aromatic carbocycles. The van der Waals surface area contributed by atoms with Gasteiger partial charge in [-0.15, -0.1) is 0 Å². The molecular weight excluding hydrogens is 320 g/mol. The summed E-state index contributed by atoms with van der Waals surface area (Å²) in [4.78, 5) is 22.7. The molecule has 0 aliphatic carbocycles. The van der Waals surface area contributed by atoms with Gasteiger partial charge in [0.15, 0.2) is 5.78 Å². The summed E-state index contributed by atoms with van der Waals surface area (Å²) in [6.45, 7) is 5.29. The third kappa shape index (κ3) is 2.41. The SMILES string of the molecule is CC(=O)c1cc2c(N3CCNCC3)ncnc2cc1Br. The van der Waals surface area contributed by atoms with Crippen molar-refractivity contribution < 1.29 is 4.79 Å². The van der Waals surface area contributed by atoms with Gasteiger partial charge in [0.25, 0.3) is 0 Å². The van der Waals surface area contributed by atoms with Crippen LogP contribution in [-0.4, -0.2) is 41.9 Å². The van der Waals surface area contributed by atoms with Gasteiger partial charge in [-0.25, -0.2) is 9.97 Å². The molecule has 1 N–H and O–H groups in total. The van der Waals surface area contributed by atoms with Gasteiger partial charge in [-0.05, 0) is 35.0 Å². The molecule has 1 aliphatic heterocycles. The van der Waals surface area contributed by atoms with Crippen LogP contribution in [0.2, 0.25) is 0 Å². The summed E-state index contributed by atoms with van der Waals surface area (Å²) in [5.74, 6) is 0.945. The number of benzene rings is 1. The van der Waals surface area contributed by atoms with Crippen molar-refractivity contribution in [2.75, 3.05) is 31.1 Å². The standard InChI is InChI=1S/C14H15BrN4O/c1-9(20)10-6-11-13(7-12(10)15)17-8-18-14(11)19-4-2-16-3-5-19/h6-8,16H,2-5H2,1H3. The zero-order chi connectivity index (χ0) is 14.1. The summed E-state index contributed by atoms with van der Waals surface area (Å²) in [5, 5.41) is 4.26. The van der Waals surface area contributed by atoms with Crippen LogP contribution in [0.15, 0.2) is 22.9 Å². The molecule has 0 spiro atoms. The van der Waals surface area contributed by atoms with E-state index in [0.717, 1.165) is 47.4 Å². The number of fused-ring (bicyclic) bond motifs is 1. The summed E-state index contributed by atoms with van der Waals surface area (Å²) in [5.41, 5.74) is 1.52. The number of halogens is 1. The molecule has 2 aromatic rings. The van der Waals surface area contributed by atoms with E-state index in [9.17, 15) is 4.79 Å². The zero-order valence-electron chi connectivity index (χ0n) is 11.2. The lowest BCUT2D eigenvalue weighted by molar-refractivity contribution is 0.101. The monoisotopic (exact) mass is 334 g/mol. The van der Waals surface area contributed by atoms with Crippen LogP contribution in [0.1, 0.15) is 17.3 Å². The molecule has 1 aromatic heterocycles. The average molecular weight is 335 g/mol. The van der Waals surface area contributed by atoms with Gasteiger partial charge in [0.2, 0.25) is 0 Å². The van der Waals surface area contributed by atoms with Crippen molar-refractivity contribution in [3.63, 3.8) is 0 Å². The van der Waals surface area contributed by atoms with E-state index in [1.807, 2.05) is 12.1 Å². The number of Topliss-reactive ketones (excluding diaryl/α,β-unsaturated/α-hetero) is 1. The van der Waals surface area contributed by atoms with E-state index in [0.29, 0.717) is 5.56 Å². The largest absolute Gasteiger partial charge is 0.353 e. The summed E-state index contributed by atoms with van der Waals surface area (Å²) in [6.07, 6.45) is 1.58. The number of carbonyl (C=O) groups excluding carboxylic acids is 1. The van der Waals surface area contributed by atoms with Crippen molar-refractivity contribution in [3.8, 4) is 0 Å². The van der Waals surface area contributed by atoms with Crippen molar-refractivity contribution in [2.45, 2.75) is 6.92 Å². The summed E-state index contributed by atoms with van der Waals surface area (Å²) in [7, 11) is 0. The highest BCUT2D eigenvalue weighted by molar-refractivity contribution is 9.10. The van der Waals surface area contributed by atoms with Crippen LogP contribution in [0.5, 0.6) is 0 Å². The number of piperazine rings is 1. The zero-order valence-corrected chi connectivity index (χ0v) is 12.8. The lowest BCUT2D eigenvalue weighted by Gasteiger charge is -2.29. The molecule has 2 heterocycles. The second kappa shape index (κ2) is 5.46. The van der Waals surface area contributed by atoms with Gasteiger partial charge in [-0.3, -0.25) is 4.79 Å². The van der Waals surface area contributed by atoms with Gasteiger partial charge in [0, 0.05) is 41.6 Å². The van der Waals surface area contributed by atoms with E-state index in [2.05, 4.69) is 36.1 Å². The van der Waals surface area contributed by atoms with E-state index in [4.69, 9.17) is 0 Å². The topological polar surface area (TPSA) is 58.1 Å². The van der Waals surface area contributed by atoms with Crippen LogP contribution >= 0.6 is 15.9 Å². The summed E-state index contributed by atoms with van der Waals surface area (Å²) in [6, 6.07) is 3.78. The highest BCUT2D eigenvalue weighted by atomic mass is 79.9. The maximum atomic E-state index is 11.7. The molecule has 104 valence electrons. The van der Waals surface area contributed by atoms with E-state index >= 15 is 0 Å². The Morgan fingerprint density at radius 3 is 2.75 bits per heavy atom. The molecule has 5 nitrogen and oxygen atoms in total. The third-order valence-corrected chi connectivity index (χ3v) is 4.16. The summed E-state index contributed by atoms with van der Waals surface area (Å²) >= 11 is 3.43. The first-order valence-corrected chi connectivity index (χ1v) is 7.37. The van der Waals surface area contributed by atoms with E-state index < -0.39 is 0 Å². The first kappa shape index (κ1) is 13.5. The Balaban J connectivity index is 2.16. The molecule has 6 heteroatoms. The Labute approximate surface area is 125 Å². The second-order valence-corrected chi connectivity index (χ2v) is 5.69. The Bertz CT molecular complexity index is 668. The Morgan fingerprint density at radius 2 is 2.05 bits per heavy atom. The fourth-order valence-electron chi connectivity index (χ4n) is 2.46. The van der Waals surface area contributed by atoms with Crippen LogP contribution in [0.25, 0.3) is 10.9 Å². The fourth-order valence-corrected chi connectivity index (χ4v) is 3.07. The quantitative estimate of drug-likeness (QED) is 0.851. The Hall–Kier alpha value is -1.53. The number of anilines is 1. The number of ketones is 1. The third-order valence-electron chi connectivity index (χ3n) is 3.50. The predicted molar refractivity (Wildman–Crippen MR) is 82.3 cm³/mol. The van der Waals surface area contributed by atoms with Crippen molar-refractivity contribution in [1.82, 2.24) is 15.3 Å². The number of nitrogens with zero attached hydrogens (tertiary/aromatic N) is 3. The molecule has 0 unspecified atom stereocenters. The first-order chi connectivity index (χ1) is 9.66. The summed E-state index contributed by atoms with van der Waals surface area (Å²) < 4.78 is 0.780. The fraction of sp³-hybridized carbons (Fsp3) is 0.357. The lowest BCUT2D eigenvalue weighted by Crippen LogP contribution is -2.44. The van der Waals surface area contributed by atoms with Gasteiger partial charge in [-0.2, -0.15) is 0 Å². The molecule has 1 fully saturated rings. The van der Waals surface area contributed by atoms with E-state index in [1.54, 1.807) is 13.3 Å². The van der Waals surface area contributed by atoms with E-state index in [-0.39, 0.29) is 5.78 Å². The van der Waals surface area contributed by atoms with Gasteiger partial charge in [0.1, 0.15) is 12.1 Å². The van der Waals surface area contributed by atoms with Crippen LogP contribution in [0.3, 0.4) is 0 Å². The number of hydrogen-bond donors (Lipinski definition) is 1. The van der Waals surface area contributed by atoms with Gasteiger partial charge >= 0.3 is 0 Å². The van der Waals surface area contributed by atoms with Crippen molar-refractivity contribution in [3.05, 3.63) is 28.5 Å². The van der Waals surface area contributed by atoms with Crippen LogP contribution in [0.4, 0.5) is 5.82 Å². The molecule has 1 aliphatic rings. The predicted octanol–water partition coefficient (Wildman–Crippen LogP) is 2.00. The van der Waals surface area contributed by atoms with Crippen molar-refractivity contribution in [1.29, 1.82) is 0 Å². The highest BCUT2D eigenvalue weighted by Gasteiger charge is 2.17. The number of hydrogen-bond acceptors (Lipinski definition) is 5. The molecule has 20 heavy (non-hydrogen) atoms. The smallest absolute Gasteiger partial charge is 0.160 e. The molecule has 0 amide bonds. The van der Waals surface area contributed by atoms with Crippen molar-refractivity contribution in [2.24, 2.45) is 0 Å². The average Bonchev–Trinajstić information content (AvgIpc) is 2.46. The van der Waals surface area contributed by atoms with Gasteiger partial charge in [0.05, 0.1) is 5.52 Å². The minimum absolute atomic E-state index is 0.0360. The van der Waals surface area contributed by atoms with Gasteiger partial charge < -0.3 is 10.2 Å².